The van der Waals surface area contributed by atoms with Gasteiger partial charge in [-0.25, -0.2) is 4.39 Å². The maximum Gasteiger partial charge on any atom is 0.235 e. The Hall–Kier alpha value is -2.01. The van der Waals surface area contributed by atoms with Crippen LogP contribution in [-0.4, -0.2) is 4.92 Å². The first-order chi connectivity index (χ1) is 8.15. The molecule has 86 valence electrons. The molecule has 1 aromatic carbocycles. The summed E-state index contributed by atoms with van der Waals surface area (Å²) in [7, 11) is 0. The SMILES string of the molecule is O=[N+]([O-])C=Cc1ccc(-c2ccc(F)cc2)s1. The molecule has 0 atom stereocenters. The zero-order chi connectivity index (χ0) is 12.3. The molecule has 0 spiro atoms. The van der Waals surface area contributed by atoms with Gasteiger partial charge in [0.05, 0.1) is 4.92 Å². The second-order valence-corrected chi connectivity index (χ2v) is 4.43. The molecular weight excluding hydrogens is 241 g/mol. The predicted molar refractivity (Wildman–Crippen MR) is 65.7 cm³/mol. The van der Waals surface area contributed by atoms with E-state index in [9.17, 15) is 14.5 Å². The average Bonchev–Trinajstić information content (AvgIpc) is 2.76. The first-order valence-electron chi connectivity index (χ1n) is 4.82. The number of benzene rings is 1. The molecule has 5 heteroatoms. The molecule has 0 bridgehead atoms. The summed E-state index contributed by atoms with van der Waals surface area (Å²) in [6, 6.07) is 9.80. The molecule has 0 N–H and O–H groups in total. The monoisotopic (exact) mass is 249 g/mol. The molecular formula is C12H8FNO2S. The third-order valence-corrected chi connectivity index (χ3v) is 3.22. The second kappa shape index (κ2) is 4.88. The van der Waals surface area contributed by atoms with Crippen molar-refractivity contribution in [3.05, 3.63) is 63.4 Å². The van der Waals surface area contributed by atoms with E-state index in [-0.39, 0.29) is 5.82 Å². The van der Waals surface area contributed by atoms with E-state index >= 15 is 0 Å². The lowest BCUT2D eigenvalue weighted by Gasteiger charge is -1.95. The molecule has 0 aliphatic carbocycles. The van der Waals surface area contributed by atoms with E-state index in [0.717, 1.165) is 21.5 Å². The van der Waals surface area contributed by atoms with Gasteiger partial charge in [0, 0.05) is 15.8 Å². The number of nitrogens with zero attached hydrogens (tertiary/aromatic N) is 1. The van der Waals surface area contributed by atoms with Gasteiger partial charge in [-0.2, -0.15) is 0 Å². The molecule has 0 fully saturated rings. The van der Waals surface area contributed by atoms with Crippen LogP contribution >= 0.6 is 11.3 Å². The van der Waals surface area contributed by atoms with Gasteiger partial charge in [-0.15, -0.1) is 11.3 Å². The Morgan fingerprint density at radius 1 is 1.18 bits per heavy atom. The van der Waals surface area contributed by atoms with Crippen LogP contribution in [-0.2, 0) is 0 Å². The molecule has 0 saturated heterocycles. The molecule has 0 unspecified atom stereocenters. The Morgan fingerprint density at radius 2 is 1.88 bits per heavy atom. The minimum Gasteiger partial charge on any atom is -0.259 e. The van der Waals surface area contributed by atoms with Gasteiger partial charge >= 0.3 is 0 Å². The summed E-state index contributed by atoms with van der Waals surface area (Å²) in [6.07, 6.45) is 2.35. The Morgan fingerprint density at radius 3 is 2.53 bits per heavy atom. The summed E-state index contributed by atoms with van der Waals surface area (Å²) in [5, 5.41) is 10.2. The standard InChI is InChI=1S/C12H8FNO2S/c13-10-3-1-9(2-4-10)12-6-5-11(17-12)7-8-14(15)16/h1-8H. The maximum atomic E-state index is 12.7. The lowest BCUT2D eigenvalue weighted by Crippen LogP contribution is -1.80. The average molecular weight is 249 g/mol. The molecule has 17 heavy (non-hydrogen) atoms. The van der Waals surface area contributed by atoms with E-state index in [4.69, 9.17) is 0 Å². The van der Waals surface area contributed by atoms with Crippen LogP contribution in [0.15, 0.2) is 42.6 Å². The summed E-state index contributed by atoms with van der Waals surface area (Å²) < 4.78 is 12.7. The molecule has 0 radical (unpaired) electrons. The molecule has 0 aliphatic rings. The summed E-state index contributed by atoms with van der Waals surface area (Å²) in [6.45, 7) is 0. The largest absolute Gasteiger partial charge is 0.259 e. The zero-order valence-corrected chi connectivity index (χ0v) is 9.49. The predicted octanol–water partition coefficient (Wildman–Crippen LogP) is 3.80. The minimum atomic E-state index is -0.503. The Bertz CT molecular complexity index is 560. The fourth-order valence-electron chi connectivity index (χ4n) is 1.35. The molecule has 1 aromatic heterocycles. The first-order valence-corrected chi connectivity index (χ1v) is 5.64. The van der Waals surface area contributed by atoms with Gasteiger partial charge in [0.25, 0.3) is 0 Å². The lowest BCUT2D eigenvalue weighted by atomic mass is 10.2. The molecule has 0 amide bonds. The molecule has 2 aromatic rings. The minimum absolute atomic E-state index is 0.279. The van der Waals surface area contributed by atoms with Gasteiger partial charge in [0.1, 0.15) is 5.82 Å². The summed E-state index contributed by atoms with van der Waals surface area (Å²) in [4.78, 5) is 11.4. The van der Waals surface area contributed by atoms with Crippen LogP contribution in [0.5, 0.6) is 0 Å². The molecule has 0 aliphatic heterocycles. The van der Waals surface area contributed by atoms with Crippen molar-refractivity contribution in [3.63, 3.8) is 0 Å². The number of hydrogen-bond acceptors (Lipinski definition) is 3. The van der Waals surface area contributed by atoms with Crippen molar-refractivity contribution in [1.29, 1.82) is 0 Å². The van der Waals surface area contributed by atoms with Crippen molar-refractivity contribution in [1.82, 2.24) is 0 Å². The first kappa shape index (κ1) is 11.5. The van der Waals surface area contributed by atoms with Crippen molar-refractivity contribution < 1.29 is 9.31 Å². The van der Waals surface area contributed by atoms with E-state index in [1.165, 1.54) is 29.5 Å². The second-order valence-electron chi connectivity index (χ2n) is 3.31. The number of halogens is 1. The highest BCUT2D eigenvalue weighted by Crippen LogP contribution is 2.28. The highest BCUT2D eigenvalue weighted by Gasteiger charge is 2.02. The fraction of sp³-hybridized carbons (Fsp3) is 0. The molecule has 1 heterocycles. The van der Waals surface area contributed by atoms with Crippen molar-refractivity contribution >= 4 is 17.4 Å². The Balaban J connectivity index is 2.23. The van der Waals surface area contributed by atoms with Gasteiger partial charge in [-0.3, -0.25) is 10.1 Å². The van der Waals surface area contributed by atoms with E-state index in [1.54, 1.807) is 18.2 Å². The van der Waals surface area contributed by atoms with E-state index in [2.05, 4.69) is 0 Å². The summed E-state index contributed by atoms with van der Waals surface area (Å²) in [5.74, 6) is -0.279. The fourth-order valence-corrected chi connectivity index (χ4v) is 2.25. The third kappa shape index (κ3) is 2.98. The van der Waals surface area contributed by atoms with Gasteiger partial charge in [0.15, 0.2) is 0 Å². The van der Waals surface area contributed by atoms with Gasteiger partial charge in [-0.05, 0) is 29.8 Å². The van der Waals surface area contributed by atoms with E-state index in [0.29, 0.717) is 0 Å². The van der Waals surface area contributed by atoms with Crippen molar-refractivity contribution in [2.45, 2.75) is 0 Å². The molecule has 2 rings (SSSR count). The normalized spacial score (nSPS) is 10.9. The van der Waals surface area contributed by atoms with Crippen molar-refractivity contribution in [2.75, 3.05) is 0 Å². The molecule has 0 saturated carbocycles. The quantitative estimate of drug-likeness (QED) is 0.613. The van der Waals surface area contributed by atoms with Gasteiger partial charge < -0.3 is 0 Å². The van der Waals surface area contributed by atoms with Crippen molar-refractivity contribution in [2.24, 2.45) is 0 Å². The summed E-state index contributed by atoms with van der Waals surface area (Å²) in [5.41, 5.74) is 0.900. The smallest absolute Gasteiger partial charge is 0.235 e. The topological polar surface area (TPSA) is 43.1 Å². The number of hydrogen-bond donors (Lipinski definition) is 0. The third-order valence-electron chi connectivity index (χ3n) is 2.12. The lowest BCUT2D eigenvalue weighted by molar-refractivity contribution is -0.400. The van der Waals surface area contributed by atoms with Crippen LogP contribution in [0.3, 0.4) is 0 Å². The number of rotatable bonds is 3. The number of nitro groups is 1. The Labute approximate surface area is 101 Å². The molecule has 3 nitrogen and oxygen atoms in total. The zero-order valence-electron chi connectivity index (χ0n) is 8.67. The van der Waals surface area contributed by atoms with Gasteiger partial charge in [0.2, 0.25) is 6.20 Å². The summed E-state index contributed by atoms with van der Waals surface area (Å²) >= 11 is 1.42. The van der Waals surface area contributed by atoms with Crippen LogP contribution in [0.4, 0.5) is 4.39 Å². The highest BCUT2D eigenvalue weighted by atomic mass is 32.1. The van der Waals surface area contributed by atoms with Crippen molar-refractivity contribution in [3.8, 4) is 10.4 Å². The van der Waals surface area contributed by atoms with Crippen LogP contribution in [0.1, 0.15) is 4.88 Å². The van der Waals surface area contributed by atoms with Crippen LogP contribution in [0.25, 0.3) is 16.5 Å². The Kier molecular flexibility index (Phi) is 3.30. The van der Waals surface area contributed by atoms with Gasteiger partial charge in [-0.1, -0.05) is 12.1 Å². The van der Waals surface area contributed by atoms with Crippen LogP contribution < -0.4 is 0 Å². The van der Waals surface area contributed by atoms with Crippen LogP contribution in [0.2, 0.25) is 0 Å². The maximum absolute atomic E-state index is 12.7. The van der Waals surface area contributed by atoms with Crippen LogP contribution in [0, 0.1) is 15.9 Å². The number of thiophene rings is 1. The van der Waals surface area contributed by atoms with E-state index < -0.39 is 4.92 Å². The highest BCUT2D eigenvalue weighted by molar-refractivity contribution is 7.16. The van der Waals surface area contributed by atoms with E-state index in [1.807, 2.05) is 6.07 Å².